The minimum Gasteiger partial charge on any atom is -0.497 e. The van der Waals surface area contributed by atoms with Gasteiger partial charge in [0, 0.05) is 49.1 Å². The molecule has 1 aromatic heterocycles. The van der Waals surface area contributed by atoms with E-state index in [0.717, 1.165) is 16.7 Å². The van der Waals surface area contributed by atoms with Gasteiger partial charge in [-0.25, -0.2) is 9.46 Å². The van der Waals surface area contributed by atoms with E-state index in [4.69, 9.17) is 18.9 Å². The van der Waals surface area contributed by atoms with Gasteiger partial charge in [-0.3, -0.25) is 4.57 Å². The van der Waals surface area contributed by atoms with Crippen molar-refractivity contribution in [3.63, 3.8) is 0 Å². The molecule has 0 aliphatic carbocycles. The first-order valence-electron chi connectivity index (χ1n) is 16.7. The summed E-state index contributed by atoms with van der Waals surface area (Å²) in [6, 6.07) is 27.5. The second-order valence-electron chi connectivity index (χ2n) is 12.9. The van der Waals surface area contributed by atoms with Gasteiger partial charge in [-0.15, -0.1) is 0 Å². The Labute approximate surface area is 289 Å². The number of methoxy groups -OCH3 is 2. The molecule has 49 heavy (non-hydrogen) atoms. The van der Waals surface area contributed by atoms with Crippen LogP contribution < -0.4 is 15.2 Å². The summed E-state index contributed by atoms with van der Waals surface area (Å²) in [6.07, 6.45) is 2.62. The molecule has 3 atom stereocenters. The highest BCUT2D eigenvalue weighted by molar-refractivity contribution is 7.62. The second-order valence-corrected chi connectivity index (χ2v) is 16.8. The quantitative estimate of drug-likeness (QED) is 0.103. The number of benzene rings is 3. The molecule has 1 saturated heterocycles. The lowest BCUT2D eigenvalue weighted by atomic mass is 9.80. The Balaban J connectivity index is 1.65. The number of nitriles is 1. The number of H-pyrrole nitrogens is 1. The third-order valence-corrected chi connectivity index (χ3v) is 13.8. The average molecular weight is 687 g/mol. The smallest absolute Gasteiger partial charge is 0.327 e. The zero-order valence-electron chi connectivity index (χ0n) is 29.1. The fraction of sp³-hybridized carbons (Fsp3) is 0.421. The molecule has 1 aliphatic heterocycles. The maximum atomic E-state index is 15.0. The van der Waals surface area contributed by atoms with Gasteiger partial charge >= 0.3 is 5.69 Å². The summed E-state index contributed by atoms with van der Waals surface area (Å²) in [4.78, 5) is 15.5. The van der Waals surface area contributed by atoms with Gasteiger partial charge in [0.05, 0.1) is 33.0 Å². The number of aromatic amines is 1. The molecule has 2 heterocycles. The van der Waals surface area contributed by atoms with Crippen LogP contribution in [0.25, 0.3) is 0 Å². The van der Waals surface area contributed by atoms with Crippen LogP contribution in [0.2, 0.25) is 0 Å². The van der Waals surface area contributed by atoms with Gasteiger partial charge < -0.3 is 28.5 Å². The molecular formula is C38H47N4O6P. The first kappa shape index (κ1) is 36.2. The molecule has 0 radical (unpaired) electrons. The monoisotopic (exact) mass is 686 g/mol. The van der Waals surface area contributed by atoms with Crippen LogP contribution in [-0.2, 0) is 19.6 Å². The molecule has 1 aliphatic rings. The van der Waals surface area contributed by atoms with Gasteiger partial charge in [0.15, 0.2) is 7.29 Å². The number of imidazole rings is 1. The van der Waals surface area contributed by atoms with Crippen molar-refractivity contribution in [3.8, 4) is 17.6 Å². The number of hydrogen-bond donors (Lipinski definition) is 1. The largest absolute Gasteiger partial charge is 0.497 e. The van der Waals surface area contributed by atoms with E-state index in [-0.39, 0.29) is 30.0 Å². The molecule has 5 rings (SSSR count). The number of nitrogens with one attached hydrogen (secondary N) is 1. The first-order chi connectivity index (χ1) is 23.6. The van der Waals surface area contributed by atoms with Crippen LogP contribution in [0.4, 0.5) is 0 Å². The zero-order chi connectivity index (χ0) is 35.2. The third-order valence-electron chi connectivity index (χ3n) is 9.55. The lowest BCUT2D eigenvalue weighted by Gasteiger charge is -2.43. The zero-order valence-corrected chi connectivity index (χ0v) is 30.0. The number of hydrogen-bond acceptors (Lipinski definition) is 7. The summed E-state index contributed by atoms with van der Waals surface area (Å²) in [7, 11) is 0.229. The maximum absolute atomic E-state index is 15.0. The second kappa shape index (κ2) is 15.6. The predicted octanol–water partition coefficient (Wildman–Crippen LogP) is 7.17. The van der Waals surface area contributed by atoms with Crippen LogP contribution in [0.15, 0.2) is 96.1 Å². The Morgan fingerprint density at radius 3 is 1.96 bits per heavy atom. The Bertz CT molecular complexity index is 1740. The topological polar surface area (TPSA) is 119 Å². The van der Waals surface area contributed by atoms with E-state index in [1.807, 2.05) is 111 Å². The van der Waals surface area contributed by atoms with Gasteiger partial charge in [-0.1, -0.05) is 82.3 Å². The van der Waals surface area contributed by atoms with E-state index in [2.05, 4.69) is 11.1 Å². The fourth-order valence-electron chi connectivity index (χ4n) is 7.10. The Morgan fingerprint density at radius 1 is 0.939 bits per heavy atom. The summed E-state index contributed by atoms with van der Waals surface area (Å²) in [6.45, 7) is 8.30. The minimum atomic E-state index is -3.04. The number of rotatable bonds is 15. The number of ether oxygens (including phenoxy) is 4. The molecule has 11 heteroatoms. The highest BCUT2D eigenvalue weighted by Gasteiger charge is 2.49. The summed E-state index contributed by atoms with van der Waals surface area (Å²) in [5.74, 6) is 1.43. The lowest BCUT2D eigenvalue weighted by Crippen LogP contribution is -2.46. The fourth-order valence-corrected chi connectivity index (χ4v) is 10.6. The van der Waals surface area contributed by atoms with Crippen molar-refractivity contribution in [1.29, 1.82) is 5.26 Å². The molecular weight excluding hydrogens is 639 g/mol. The molecule has 0 saturated carbocycles. The van der Waals surface area contributed by atoms with E-state index in [1.165, 1.54) is 4.57 Å². The Morgan fingerprint density at radius 2 is 1.49 bits per heavy atom. The molecule has 0 amide bonds. The third kappa shape index (κ3) is 7.13. The molecule has 1 fully saturated rings. The molecule has 3 aromatic carbocycles. The average Bonchev–Trinajstić information content (AvgIpc) is 3.75. The van der Waals surface area contributed by atoms with Crippen LogP contribution in [0.5, 0.6) is 11.5 Å². The van der Waals surface area contributed by atoms with Crippen LogP contribution in [-0.4, -0.2) is 65.1 Å². The van der Waals surface area contributed by atoms with E-state index in [1.54, 1.807) is 26.6 Å². The molecule has 0 bridgehead atoms. The van der Waals surface area contributed by atoms with E-state index < -0.39 is 31.3 Å². The van der Waals surface area contributed by atoms with Crippen LogP contribution >= 0.6 is 7.29 Å². The Kier molecular flexibility index (Phi) is 11.5. The summed E-state index contributed by atoms with van der Waals surface area (Å²) >= 11 is 0. The van der Waals surface area contributed by atoms with E-state index in [9.17, 15) is 10.1 Å². The summed E-state index contributed by atoms with van der Waals surface area (Å²) < 4.78 is 43.5. The summed E-state index contributed by atoms with van der Waals surface area (Å²) in [5.41, 5.74) is 0.915. The highest BCUT2D eigenvalue weighted by atomic mass is 31.2. The van der Waals surface area contributed by atoms with Crippen LogP contribution in [0.1, 0.15) is 63.5 Å². The van der Waals surface area contributed by atoms with Gasteiger partial charge in [0.1, 0.15) is 23.3 Å². The number of nitrogens with zero attached hydrogens (tertiary/aromatic N) is 3. The van der Waals surface area contributed by atoms with Gasteiger partial charge in [-0.2, -0.15) is 5.26 Å². The van der Waals surface area contributed by atoms with Crippen molar-refractivity contribution in [1.82, 2.24) is 14.2 Å². The first-order valence-corrected chi connectivity index (χ1v) is 18.5. The van der Waals surface area contributed by atoms with Crippen molar-refractivity contribution in [2.45, 2.75) is 75.8 Å². The van der Waals surface area contributed by atoms with Crippen molar-refractivity contribution < 1.29 is 23.5 Å². The SMILES string of the molecule is COc1ccc(C(OC[C@@H]2O[C@@H](n3cc[nH]c3=O)C[C@@H]2N(CCC#N)P(=O)(C(C)C)C(C)C)(c2ccccc2)c2ccc(OC)cc2)cc1. The van der Waals surface area contributed by atoms with Crippen molar-refractivity contribution in [2.24, 2.45) is 0 Å². The van der Waals surface area contributed by atoms with E-state index >= 15 is 4.57 Å². The van der Waals surface area contributed by atoms with Crippen LogP contribution in [0.3, 0.4) is 0 Å². The molecule has 4 aromatic rings. The molecule has 260 valence electrons. The minimum absolute atomic E-state index is 0.0898. The normalized spacial score (nSPS) is 18.2. The van der Waals surface area contributed by atoms with Crippen molar-refractivity contribution >= 4 is 7.29 Å². The molecule has 10 nitrogen and oxygen atoms in total. The van der Waals surface area contributed by atoms with E-state index in [0.29, 0.717) is 24.5 Å². The number of aromatic nitrogens is 2. The maximum Gasteiger partial charge on any atom is 0.327 e. The van der Waals surface area contributed by atoms with Gasteiger partial charge in [-0.05, 0) is 41.0 Å². The Hall–Kier alpha value is -4.13. The van der Waals surface area contributed by atoms with Gasteiger partial charge in [0.25, 0.3) is 0 Å². The predicted molar refractivity (Wildman–Crippen MR) is 190 cm³/mol. The molecule has 0 unspecified atom stereocenters. The van der Waals surface area contributed by atoms with Crippen molar-refractivity contribution in [2.75, 3.05) is 27.4 Å². The highest BCUT2D eigenvalue weighted by Crippen LogP contribution is 2.61. The molecule has 0 spiro atoms. The van der Waals surface area contributed by atoms with Crippen molar-refractivity contribution in [3.05, 3.63) is 118 Å². The summed E-state index contributed by atoms with van der Waals surface area (Å²) in [5, 5.41) is 9.68. The standard InChI is InChI=1S/C38H47N4O6P/c1-27(2)49(44,28(3)4)42(23-10-21-39)34-25-36(41-24-22-40-37(41)43)48-35(34)26-47-38(29-11-8-7-9-12-29,30-13-17-32(45-5)18-14-30)31-15-19-33(46-6)20-16-31/h7-9,11-20,22,24,27-28,34-36H,10,23,25-26H2,1-6H3,(H,40,43)/t34-,35-,36+/m0/s1. The van der Waals surface area contributed by atoms with Crippen LogP contribution in [0, 0.1) is 11.3 Å². The lowest BCUT2D eigenvalue weighted by molar-refractivity contribution is -0.0847. The van der Waals surface area contributed by atoms with Gasteiger partial charge in [0.2, 0.25) is 0 Å². The molecule has 1 N–H and O–H groups in total.